The molecule has 2 amide bonds. The van der Waals surface area contributed by atoms with Crippen LogP contribution in [0.25, 0.3) is 0 Å². The molecule has 2 aromatic rings. The Morgan fingerprint density at radius 3 is 2.71 bits per heavy atom. The number of likely N-dealkylation sites (tertiary alicyclic amines) is 1. The number of piperidine rings is 1. The van der Waals surface area contributed by atoms with Gasteiger partial charge in [0, 0.05) is 24.5 Å². The molecule has 1 N–H and O–H groups in total. The molecule has 1 saturated heterocycles. The van der Waals surface area contributed by atoms with Crippen molar-refractivity contribution in [2.45, 2.75) is 25.1 Å². The Morgan fingerprint density at radius 2 is 2.04 bits per heavy atom. The van der Waals surface area contributed by atoms with Gasteiger partial charge in [-0.1, -0.05) is 0 Å². The third kappa shape index (κ3) is 4.91. The van der Waals surface area contributed by atoms with Crippen LogP contribution in [0.15, 0.2) is 42.6 Å². The van der Waals surface area contributed by atoms with E-state index in [4.69, 9.17) is 10.00 Å². The van der Waals surface area contributed by atoms with Crippen molar-refractivity contribution in [2.24, 2.45) is 0 Å². The van der Waals surface area contributed by atoms with Crippen LogP contribution in [0.5, 0.6) is 5.88 Å². The van der Waals surface area contributed by atoms with Gasteiger partial charge in [-0.3, -0.25) is 0 Å². The molecule has 9 heteroatoms. The number of aromatic nitrogens is 1. The molecule has 1 aromatic heterocycles. The van der Waals surface area contributed by atoms with E-state index in [-0.39, 0.29) is 11.8 Å². The zero-order chi connectivity index (χ0) is 20.1. The van der Waals surface area contributed by atoms with Gasteiger partial charge in [0.2, 0.25) is 5.88 Å². The van der Waals surface area contributed by atoms with Crippen LogP contribution in [0.1, 0.15) is 24.0 Å². The third-order valence-electron chi connectivity index (χ3n) is 4.28. The summed E-state index contributed by atoms with van der Waals surface area (Å²) in [4.78, 5) is 18.0. The van der Waals surface area contributed by atoms with E-state index in [0.29, 0.717) is 31.0 Å². The summed E-state index contributed by atoms with van der Waals surface area (Å²) in [5, 5.41) is 11.5. The molecular weight excluding hydrogens is 373 g/mol. The Hall–Kier alpha value is -3.28. The number of benzene rings is 1. The van der Waals surface area contributed by atoms with Crippen LogP contribution < -0.4 is 10.1 Å². The summed E-state index contributed by atoms with van der Waals surface area (Å²) in [6.07, 6.45) is -1.79. The first kappa shape index (κ1) is 19.5. The molecule has 1 aromatic carbocycles. The lowest BCUT2D eigenvalue weighted by Gasteiger charge is -2.32. The quantitative estimate of drug-likeness (QED) is 0.858. The molecule has 6 nitrogen and oxygen atoms in total. The Balaban J connectivity index is 1.59. The SMILES string of the molecule is N#Cc1ccnc(OC2CCCN(C(=O)Nc3ccc(C(F)(F)F)cc3)C2)c1. The van der Waals surface area contributed by atoms with E-state index < -0.39 is 17.8 Å². The van der Waals surface area contributed by atoms with Crippen molar-refractivity contribution in [3.63, 3.8) is 0 Å². The zero-order valence-corrected chi connectivity index (χ0v) is 14.7. The molecule has 0 radical (unpaired) electrons. The molecule has 1 atom stereocenters. The van der Waals surface area contributed by atoms with Crippen LogP contribution in [-0.4, -0.2) is 35.1 Å². The first-order valence-electron chi connectivity index (χ1n) is 8.61. The molecule has 1 unspecified atom stereocenters. The molecule has 0 saturated carbocycles. The van der Waals surface area contributed by atoms with Gasteiger partial charge in [0.25, 0.3) is 0 Å². The topological polar surface area (TPSA) is 78.2 Å². The number of hydrogen-bond acceptors (Lipinski definition) is 4. The van der Waals surface area contributed by atoms with E-state index in [1.54, 1.807) is 11.0 Å². The highest BCUT2D eigenvalue weighted by Crippen LogP contribution is 2.30. The van der Waals surface area contributed by atoms with Gasteiger partial charge in [-0.15, -0.1) is 0 Å². The number of amides is 2. The standard InChI is InChI=1S/C19H17F3N4O2/c20-19(21,22)14-3-5-15(6-4-14)25-18(27)26-9-1-2-16(12-26)28-17-10-13(11-23)7-8-24-17/h3-8,10,16H,1-2,9,12H2,(H,25,27). The van der Waals surface area contributed by atoms with Gasteiger partial charge >= 0.3 is 12.2 Å². The summed E-state index contributed by atoms with van der Waals surface area (Å²) in [6.45, 7) is 0.822. The average Bonchev–Trinajstić information content (AvgIpc) is 2.68. The Morgan fingerprint density at radius 1 is 1.29 bits per heavy atom. The fourth-order valence-corrected chi connectivity index (χ4v) is 2.88. The van der Waals surface area contributed by atoms with E-state index in [2.05, 4.69) is 10.3 Å². The second-order valence-electron chi connectivity index (χ2n) is 6.33. The number of alkyl halides is 3. The number of carbonyl (C=O) groups excluding carboxylic acids is 1. The maximum Gasteiger partial charge on any atom is 0.416 e. The average molecular weight is 390 g/mol. The summed E-state index contributed by atoms with van der Waals surface area (Å²) in [6, 6.07) is 8.97. The van der Waals surface area contributed by atoms with E-state index >= 15 is 0 Å². The first-order valence-corrected chi connectivity index (χ1v) is 8.61. The first-order chi connectivity index (χ1) is 13.3. The number of carbonyl (C=O) groups is 1. The van der Waals surface area contributed by atoms with E-state index in [9.17, 15) is 18.0 Å². The minimum absolute atomic E-state index is 0.282. The maximum atomic E-state index is 12.6. The van der Waals surface area contributed by atoms with Gasteiger partial charge < -0.3 is 15.0 Å². The number of urea groups is 1. The minimum atomic E-state index is -4.42. The third-order valence-corrected chi connectivity index (χ3v) is 4.28. The van der Waals surface area contributed by atoms with Crippen molar-refractivity contribution in [1.29, 1.82) is 5.26 Å². The van der Waals surface area contributed by atoms with Gasteiger partial charge in [0.1, 0.15) is 6.10 Å². The highest BCUT2D eigenvalue weighted by atomic mass is 19.4. The molecule has 2 heterocycles. The Labute approximate surface area is 159 Å². The molecule has 1 fully saturated rings. The van der Waals surface area contributed by atoms with Crippen molar-refractivity contribution in [3.8, 4) is 11.9 Å². The van der Waals surface area contributed by atoms with E-state index in [1.165, 1.54) is 24.4 Å². The van der Waals surface area contributed by atoms with Gasteiger partial charge in [-0.25, -0.2) is 9.78 Å². The molecule has 28 heavy (non-hydrogen) atoms. The van der Waals surface area contributed by atoms with Crippen LogP contribution in [0.2, 0.25) is 0 Å². The summed E-state index contributed by atoms with van der Waals surface area (Å²) >= 11 is 0. The number of nitriles is 1. The van der Waals surface area contributed by atoms with E-state index in [1.807, 2.05) is 6.07 Å². The lowest BCUT2D eigenvalue weighted by Crippen LogP contribution is -2.46. The second-order valence-corrected chi connectivity index (χ2v) is 6.33. The maximum absolute atomic E-state index is 12.6. The number of rotatable bonds is 3. The highest BCUT2D eigenvalue weighted by molar-refractivity contribution is 5.89. The molecule has 0 aliphatic carbocycles. The van der Waals surface area contributed by atoms with Crippen molar-refractivity contribution < 1.29 is 22.7 Å². The van der Waals surface area contributed by atoms with Crippen molar-refractivity contribution in [1.82, 2.24) is 9.88 Å². The summed E-state index contributed by atoms with van der Waals surface area (Å²) in [5.41, 5.74) is -0.0637. The summed E-state index contributed by atoms with van der Waals surface area (Å²) < 4.78 is 43.6. The zero-order valence-electron chi connectivity index (χ0n) is 14.7. The van der Waals surface area contributed by atoms with Crippen molar-refractivity contribution in [2.75, 3.05) is 18.4 Å². The number of halogens is 3. The minimum Gasteiger partial charge on any atom is -0.472 e. The fourth-order valence-electron chi connectivity index (χ4n) is 2.88. The lowest BCUT2D eigenvalue weighted by atomic mass is 10.1. The van der Waals surface area contributed by atoms with Crippen LogP contribution in [0.3, 0.4) is 0 Å². The number of pyridine rings is 1. The highest BCUT2D eigenvalue weighted by Gasteiger charge is 2.30. The van der Waals surface area contributed by atoms with Crippen molar-refractivity contribution in [3.05, 3.63) is 53.7 Å². The van der Waals surface area contributed by atoms with Crippen LogP contribution in [-0.2, 0) is 6.18 Å². The number of anilines is 1. The van der Waals surface area contributed by atoms with E-state index in [0.717, 1.165) is 18.6 Å². The smallest absolute Gasteiger partial charge is 0.416 e. The summed E-state index contributed by atoms with van der Waals surface area (Å²) in [7, 11) is 0. The molecule has 0 spiro atoms. The Bertz CT molecular complexity index is 878. The summed E-state index contributed by atoms with van der Waals surface area (Å²) in [5.74, 6) is 0.314. The number of nitrogens with zero attached hydrogens (tertiary/aromatic N) is 3. The normalized spacial score (nSPS) is 16.9. The van der Waals surface area contributed by atoms with Crippen LogP contribution in [0.4, 0.5) is 23.7 Å². The van der Waals surface area contributed by atoms with Gasteiger partial charge in [0.15, 0.2) is 0 Å². The largest absolute Gasteiger partial charge is 0.472 e. The number of nitrogens with one attached hydrogen (secondary N) is 1. The predicted molar refractivity (Wildman–Crippen MR) is 94.6 cm³/mol. The van der Waals surface area contributed by atoms with Gasteiger partial charge in [-0.05, 0) is 43.2 Å². The second kappa shape index (κ2) is 8.17. The number of ether oxygens (including phenoxy) is 1. The van der Waals surface area contributed by atoms with Crippen LogP contribution in [0, 0.1) is 11.3 Å². The molecule has 1 aliphatic heterocycles. The number of hydrogen-bond donors (Lipinski definition) is 1. The van der Waals surface area contributed by atoms with Gasteiger partial charge in [0.05, 0.1) is 23.7 Å². The molecule has 3 rings (SSSR count). The fraction of sp³-hybridized carbons (Fsp3) is 0.316. The monoisotopic (exact) mass is 390 g/mol. The van der Waals surface area contributed by atoms with Crippen LogP contribution >= 0.6 is 0 Å². The molecular formula is C19H17F3N4O2. The Kier molecular flexibility index (Phi) is 5.68. The molecule has 1 aliphatic rings. The van der Waals surface area contributed by atoms with Crippen molar-refractivity contribution >= 4 is 11.7 Å². The lowest BCUT2D eigenvalue weighted by molar-refractivity contribution is -0.137. The molecule has 0 bridgehead atoms. The predicted octanol–water partition coefficient (Wildman–Crippen LogP) is 4.05. The van der Waals surface area contributed by atoms with Gasteiger partial charge in [-0.2, -0.15) is 18.4 Å². The molecule has 146 valence electrons.